The molecule has 0 saturated carbocycles. The van der Waals surface area contributed by atoms with Crippen LogP contribution in [0.4, 0.5) is 26.3 Å². The first-order chi connectivity index (χ1) is 28.2. The summed E-state index contributed by atoms with van der Waals surface area (Å²) in [4.78, 5) is 0.388. The molecule has 1 aliphatic rings. The van der Waals surface area contributed by atoms with Crippen molar-refractivity contribution < 1.29 is 31.1 Å². The third-order valence-corrected chi connectivity index (χ3v) is 13.7. The summed E-state index contributed by atoms with van der Waals surface area (Å²) in [5, 5.41) is 0. The van der Waals surface area contributed by atoms with Gasteiger partial charge in [0.15, 0.2) is 0 Å². The van der Waals surface area contributed by atoms with Gasteiger partial charge in [-0.05, 0) is 96.1 Å². The predicted molar refractivity (Wildman–Crippen MR) is 228 cm³/mol. The summed E-state index contributed by atoms with van der Waals surface area (Å²) in [6, 6.07) is 39.3. The van der Waals surface area contributed by atoms with E-state index in [1.165, 1.54) is 31.1 Å². The number of fused-ring (bicyclic) bond motifs is 1. The number of ether oxygens (including phenoxy) is 1. The fourth-order valence-electron chi connectivity index (χ4n) is 7.41. The van der Waals surface area contributed by atoms with Crippen LogP contribution in [0.3, 0.4) is 0 Å². The molecule has 9 rings (SSSR count). The maximum atomic E-state index is 15.8. The fraction of sp³-hybridized carbons (Fsp3) is 0.149. The monoisotopic (exact) mass is 850 g/mol. The summed E-state index contributed by atoms with van der Waals surface area (Å²) in [5.74, 6) is -15.3. The van der Waals surface area contributed by atoms with E-state index in [4.69, 9.17) is 4.74 Å². The molecule has 3 heterocycles. The van der Waals surface area contributed by atoms with E-state index in [1.54, 1.807) is 66.7 Å². The fourth-order valence-corrected chi connectivity index (χ4v) is 10.5. The van der Waals surface area contributed by atoms with E-state index in [2.05, 4.69) is 52.1 Å². The van der Waals surface area contributed by atoms with Crippen molar-refractivity contribution in [3.05, 3.63) is 159 Å². The Kier molecular flexibility index (Phi) is 9.64. The molecule has 59 heavy (non-hydrogen) atoms. The second-order valence-corrected chi connectivity index (χ2v) is 17.2. The van der Waals surface area contributed by atoms with Gasteiger partial charge in [0.1, 0.15) is 23.4 Å². The number of hydrogen-bond donors (Lipinski definition) is 0. The van der Waals surface area contributed by atoms with Gasteiger partial charge in [-0.1, -0.05) is 96.6 Å². The molecule has 3 aromatic heterocycles. The average molecular weight is 851 g/mol. The van der Waals surface area contributed by atoms with Gasteiger partial charge >= 0.3 is 17.8 Å². The Morgan fingerprint density at radius 3 is 1.49 bits per heavy atom. The van der Waals surface area contributed by atoms with Crippen LogP contribution in [-0.4, -0.2) is 26.5 Å². The summed E-state index contributed by atoms with van der Waals surface area (Å²) >= 11 is 2.78. The van der Waals surface area contributed by atoms with E-state index in [-0.39, 0.29) is 27.5 Å². The van der Waals surface area contributed by atoms with Crippen molar-refractivity contribution in [2.75, 3.05) is 0 Å². The van der Waals surface area contributed by atoms with Crippen LogP contribution in [-0.2, 0) is 6.61 Å². The van der Waals surface area contributed by atoms with Crippen molar-refractivity contribution >= 4 is 56.6 Å². The predicted octanol–water partition coefficient (Wildman–Crippen LogP) is 14.8. The van der Waals surface area contributed by atoms with Crippen molar-refractivity contribution in [1.29, 1.82) is 0 Å². The Morgan fingerprint density at radius 2 is 0.983 bits per heavy atom. The summed E-state index contributed by atoms with van der Waals surface area (Å²) in [7, 11) is 0. The summed E-state index contributed by atoms with van der Waals surface area (Å²) < 4.78 is 109. The van der Waals surface area contributed by atoms with Gasteiger partial charge in [0, 0.05) is 30.6 Å². The summed E-state index contributed by atoms with van der Waals surface area (Å²) in [5.41, 5.74) is 6.90. The van der Waals surface area contributed by atoms with Gasteiger partial charge < -0.3 is 4.74 Å². The van der Waals surface area contributed by atoms with E-state index in [0.717, 1.165) is 61.5 Å². The van der Waals surface area contributed by atoms with Crippen LogP contribution < -0.4 is 4.74 Å². The summed E-state index contributed by atoms with van der Waals surface area (Å²) in [6.45, 7) is 5.27. The lowest BCUT2D eigenvalue weighted by molar-refractivity contribution is -0.254. The number of halogens is 6. The number of hydrogen-bond acceptors (Lipinski definition) is 6. The third-order valence-electron chi connectivity index (χ3n) is 10.6. The Labute approximate surface area is 348 Å². The highest BCUT2D eigenvalue weighted by Crippen LogP contribution is 2.66. The zero-order valence-corrected chi connectivity index (χ0v) is 34.1. The molecule has 5 aromatic carbocycles. The highest BCUT2D eigenvalue weighted by molar-refractivity contribution is 7.18. The van der Waals surface area contributed by atoms with Crippen molar-refractivity contribution in [1.82, 2.24) is 8.75 Å². The number of aromatic nitrogens is 2. The van der Waals surface area contributed by atoms with Crippen molar-refractivity contribution in [3.8, 4) is 48.9 Å². The standard InChI is InChI=1S/C47H32F6N2OS3/c1-26-9-13-30(14-10-26)35-21-22-36(42-41(35)54-59-55-42)31-15-11-29(12-16-31)25-56-34-19-17-33(18-20-34)38-24-28(3)44(58-38)40-39(45(48,49)47(52,53)46(40,50)51)43-27(2)23-37(57-43)32-7-5-4-6-8-32/h4-24H,25H2,1-3H3. The molecule has 296 valence electrons. The van der Waals surface area contributed by atoms with E-state index in [9.17, 15) is 0 Å². The van der Waals surface area contributed by atoms with Crippen LogP contribution >= 0.6 is 34.4 Å². The molecular formula is C47H32F6N2OS3. The van der Waals surface area contributed by atoms with Crippen LogP contribution in [0, 0.1) is 20.8 Å². The third kappa shape index (κ3) is 6.58. The van der Waals surface area contributed by atoms with Crippen molar-refractivity contribution in [3.63, 3.8) is 0 Å². The first-order valence-electron chi connectivity index (χ1n) is 18.5. The Balaban J connectivity index is 0.949. The molecule has 0 amide bonds. The second-order valence-electron chi connectivity index (χ2n) is 14.6. The van der Waals surface area contributed by atoms with Crippen molar-refractivity contribution in [2.45, 2.75) is 45.1 Å². The lowest BCUT2D eigenvalue weighted by Gasteiger charge is -2.25. The molecule has 3 nitrogen and oxygen atoms in total. The molecule has 0 saturated heterocycles. The quantitative estimate of drug-likeness (QED) is 0.136. The topological polar surface area (TPSA) is 35.0 Å². The molecule has 0 bridgehead atoms. The molecule has 0 fully saturated rings. The van der Waals surface area contributed by atoms with Gasteiger partial charge in [0.2, 0.25) is 0 Å². The van der Waals surface area contributed by atoms with Crippen LogP contribution in [0.5, 0.6) is 5.75 Å². The van der Waals surface area contributed by atoms with Crippen LogP contribution in [0.25, 0.3) is 65.3 Å². The number of aryl methyl sites for hydroxylation is 3. The second kappa shape index (κ2) is 14.6. The molecular weight excluding hydrogens is 819 g/mol. The van der Waals surface area contributed by atoms with Gasteiger partial charge in [0.25, 0.3) is 0 Å². The SMILES string of the molecule is Cc1ccc(-c2ccc(-c3ccc(COc4ccc(-c5cc(C)c(C6=C(c7sc(-c8ccccc8)cc7C)C(F)(F)C(F)(F)C6(F)F)s5)cc4)cc3)c3nsnc23)cc1. The first kappa shape index (κ1) is 38.9. The maximum absolute atomic E-state index is 15.8. The average Bonchev–Trinajstić information content (AvgIpc) is 3.99. The maximum Gasteiger partial charge on any atom is 0.380 e. The Hall–Kier alpha value is -5.56. The minimum absolute atomic E-state index is 0.195. The minimum atomic E-state index is -5.64. The van der Waals surface area contributed by atoms with E-state index in [1.807, 2.05) is 24.3 Å². The molecule has 0 radical (unpaired) electrons. The van der Waals surface area contributed by atoms with Crippen LogP contribution in [0.1, 0.15) is 32.0 Å². The lowest BCUT2D eigenvalue weighted by atomic mass is 9.97. The summed E-state index contributed by atoms with van der Waals surface area (Å²) in [6.07, 6.45) is 0. The smallest absolute Gasteiger partial charge is 0.380 e. The Morgan fingerprint density at radius 1 is 0.525 bits per heavy atom. The van der Waals surface area contributed by atoms with Gasteiger partial charge in [-0.3, -0.25) is 0 Å². The minimum Gasteiger partial charge on any atom is -0.489 e. The Bertz CT molecular complexity index is 2880. The number of alkyl halides is 6. The molecule has 0 atom stereocenters. The molecule has 1 aliphatic carbocycles. The zero-order chi connectivity index (χ0) is 41.3. The molecule has 0 unspecified atom stereocenters. The molecule has 0 aliphatic heterocycles. The highest BCUT2D eigenvalue weighted by atomic mass is 32.1. The van der Waals surface area contributed by atoms with E-state index < -0.39 is 28.9 Å². The molecule has 8 aromatic rings. The largest absolute Gasteiger partial charge is 0.489 e. The molecule has 12 heteroatoms. The van der Waals surface area contributed by atoms with Gasteiger partial charge in [-0.15, -0.1) is 22.7 Å². The van der Waals surface area contributed by atoms with Gasteiger partial charge in [-0.25, -0.2) is 0 Å². The van der Waals surface area contributed by atoms with Crippen molar-refractivity contribution in [2.24, 2.45) is 0 Å². The van der Waals surface area contributed by atoms with E-state index >= 15 is 26.3 Å². The van der Waals surface area contributed by atoms with Gasteiger partial charge in [0.05, 0.1) is 22.9 Å². The molecule has 0 N–H and O–H groups in total. The number of nitrogens with zero attached hydrogens (tertiary/aromatic N) is 2. The lowest BCUT2D eigenvalue weighted by Crippen LogP contribution is -2.48. The number of allylic oxidation sites excluding steroid dienone is 2. The van der Waals surface area contributed by atoms with Crippen LogP contribution in [0.2, 0.25) is 0 Å². The number of benzene rings is 5. The zero-order valence-electron chi connectivity index (χ0n) is 31.6. The first-order valence-corrected chi connectivity index (χ1v) is 20.9. The van der Waals surface area contributed by atoms with E-state index in [0.29, 0.717) is 26.6 Å². The highest BCUT2D eigenvalue weighted by Gasteiger charge is 2.80. The van der Waals surface area contributed by atoms with Gasteiger partial charge in [-0.2, -0.15) is 35.1 Å². The number of thiophene rings is 2. The number of rotatable bonds is 9. The molecule has 0 spiro atoms. The van der Waals surface area contributed by atoms with Crippen LogP contribution in [0.15, 0.2) is 127 Å². The normalized spacial score (nSPS) is 15.6.